The normalized spacial score (nSPS) is 10.6. The van der Waals surface area contributed by atoms with Crippen molar-refractivity contribution in [2.45, 2.75) is 12.1 Å². The number of hydrogen-bond donors (Lipinski definition) is 1. The van der Waals surface area contributed by atoms with Crippen molar-refractivity contribution in [3.8, 4) is 28.6 Å². The Hall–Kier alpha value is -4.38. The smallest absolute Gasteiger partial charge is 0.271 e. The third-order valence-electron chi connectivity index (χ3n) is 5.33. The summed E-state index contributed by atoms with van der Waals surface area (Å²) in [6.45, 7) is 1.77. The number of thioether (sulfide) groups is 1. The standard InChI is InChI=1S/C25H23N5O5S/c1-16-9-11-19(30(32)33)14-20(16)26-23(31)15-36-25-28-27-24(29(25)18-7-5-4-6-8-18)17-10-12-21(34-2)22(13-17)35-3/h4-14H,15H2,1-3H3,(H,26,31). The van der Waals surface area contributed by atoms with Gasteiger partial charge in [0.1, 0.15) is 0 Å². The van der Waals surface area contributed by atoms with E-state index in [9.17, 15) is 14.9 Å². The molecular formula is C25H23N5O5S. The van der Waals surface area contributed by atoms with Gasteiger partial charge in [0.25, 0.3) is 5.69 Å². The maximum atomic E-state index is 12.7. The lowest BCUT2D eigenvalue weighted by Gasteiger charge is -2.12. The molecule has 4 aromatic rings. The summed E-state index contributed by atoms with van der Waals surface area (Å²) < 4.78 is 12.6. The number of ether oxygens (including phenoxy) is 2. The number of nitrogens with zero attached hydrogens (tertiary/aromatic N) is 4. The monoisotopic (exact) mass is 505 g/mol. The van der Waals surface area contributed by atoms with Gasteiger partial charge < -0.3 is 14.8 Å². The molecule has 10 nitrogen and oxygen atoms in total. The third-order valence-corrected chi connectivity index (χ3v) is 6.26. The van der Waals surface area contributed by atoms with Gasteiger partial charge in [0.05, 0.1) is 30.6 Å². The molecule has 3 aromatic carbocycles. The van der Waals surface area contributed by atoms with Crippen LogP contribution in [0.15, 0.2) is 71.9 Å². The highest BCUT2D eigenvalue weighted by atomic mass is 32.2. The minimum absolute atomic E-state index is 0.0268. The number of amides is 1. The number of methoxy groups -OCH3 is 2. The van der Waals surface area contributed by atoms with Crippen LogP contribution in [0.2, 0.25) is 0 Å². The molecule has 4 rings (SSSR count). The van der Waals surface area contributed by atoms with E-state index >= 15 is 0 Å². The molecule has 0 unspecified atom stereocenters. The molecule has 1 heterocycles. The van der Waals surface area contributed by atoms with Gasteiger partial charge in [-0.2, -0.15) is 0 Å². The molecule has 1 N–H and O–H groups in total. The topological polar surface area (TPSA) is 121 Å². The fraction of sp³-hybridized carbons (Fsp3) is 0.160. The molecule has 11 heteroatoms. The summed E-state index contributed by atoms with van der Waals surface area (Å²) in [5.41, 5.74) is 2.61. The molecule has 0 aliphatic carbocycles. The Morgan fingerprint density at radius 3 is 2.47 bits per heavy atom. The molecule has 0 fully saturated rings. The van der Waals surface area contributed by atoms with Crippen molar-refractivity contribution < 1.29 is 19.2 Å². The van der Waals surface area contributed by atoms with E-state index in [1.54, 1.807) is 33.3 Å². The van der Waals surface area contributed by atoms with E-state index in [4.69, 9.17) is 9.47 Å². The number of nitro benzene ring substituents is 1. The first-order valence-electron chi connectivity index (χ1n) is 10.8. The molecule has 0 spiro atoms. The van der Waals surface area contributed by atoms with Crippen molar-refractivity contribution in [2.24, 2.45) is 0 Å². The number of carbonyl (C=O) groups is 1. The number of nitro groups is 1. The molecule has 0 aliphatic rings. The van der Waals surface area contributed by atoms with Gasteiger partial charge in [-0.25, -0.2) is 0 Å². The Kier molecular flexibility index (Phi) is 7.50. The Balaban J connectivity index is 1.61. The SMILES string of the molecule is COc1ccc(-c2nnc(SCC(=O)Nc3cc([N+](=O)[O-])ccc3C)n2-c2ccccc2)cc1OC. The maximum Gasteiger partial charge on any atom is 0.271 e. The summed E-state index contributed by atoms with van der Waals surface area (Å²) in [5, 5.41) is 23.1. The Bertz CT molecular complexity index is 1410. The van der Waals surface area contributed by atoms with Crippen molar-refractivity contribution in [3.05, 3.63) is 82.4 Å². The number of nitrogens with one attached hydrogen (secondary N) is 1. The molecule has 1 amide bonds. The molecule has 0 aliphatic heterocycles. The van der Waals surface area contributed by atoms with Crippen molar-refractivity contribution in [1.82, 2.24) is 14.8 Å². The fourth-order valence-electron chi connectivity index (χ4n) is 3.51. The van der Waals surface area contributed by atoms with Gasteiger partial charge in [-0.05, 0) is 42.8 Å². The lowest BCUT2D eigenvalue weighted by Crippen LogP contribution is -2.15. The highest BCUT2D eigenvalue weighted by Crippen LogP contribution is 2.34. The second-order valence-electron chi connectivity index (χ2n) is 7.64. The first-order chi connectivity index (χ1) is 17.4. The van der Waals surface area contributed by atoms with Crippen LogP contribution < -0.4 is 14.8 Å². The van der Waals surface area contributed by atoms with Gasteiger partial charge in [-0.15, -0.1) is 10.2 Å². The van der Waals surface area contributed by atoms with Gasteiger partial charge in [0, 0.05) is 23.4 Å². The number of rotatable bonds is 9. The van der Waals surface area contributed by atoms with Gasteiger partial charge in [-0.1, -0.05) is 36.0 Å². The first-order valence-corrected chi connectivity index (χ1v) is 11.8. The van der Waals surface area contributed by atoms with Crippen LogP contribution in [0.4, 0.5) is 11.4 Å². The Morgan fingerprint density at radius 2 is 1.78 bits per heavy atom. The number of aryl methyl sites for hydroxylation is 1. The lowest BCUT2D eigenvalue weighted by molar-refractivity contribution is -0.384. The van der Waals surface area contributed by atoms with Crippen LogP contribution in [0.3, 0.4) is 0 Å². The van der Waals surface area contributed by atoms with Crippen LogP contribution in [-0.4, -0.2) is 45.6 Å². The van der Waals surface area contributed by atoms with Crippen molar-refractivity contribution in [3.63, 3.8) is 0 Å². The third kappa shape index (κ3) is 5.31. The number of benzene rings is 3. The summed E-state index contributed by atoms with van der Waals surface area (Å²) in [7, 11) is 3.13. The van der Waals surface area contributed by atoms with E-state index in [0.29, 0.717) is 28.2 Å². The lowest BCUT2D eigenvalue weighted by atomic mass is 10.2. The second kappa shape index (κ2) is 10.9. The molecule has 1 aromatic heterocycles. The highest BCUT2D eigenvalue weighted by molar-refractivity contribution is 7.99. The number of non-ortho nitro benzene ring substituents is 1. The van der Waals surface area contributed by atoms with Crippen molar-refractivity contribution >= 4 is 29.0 Å². The number of para-hydroxylation sites is 1. The maximum absolute atomic E-state index is 12.7. The van der Waals surface area contributed by atoms with E-state index in [2.05, 4.69) is 15.5 Å². The van der Waals surface area contributed by atoms with Crippen molar-refractivity contribution in [2.75, 3.05) is 25.3 Å². The minimum atomic E-state index is -0.498. The number of hydrogen-bond acceptors (Lipinski definition) is 8. The van der Waals surface area contributed by atoms with E-state index in [-0.39, 0.29) is 17.3 Å². The predicted octanol–water partition coefficient (Wildman–Crippen LogP) is 4.90. The number of aromatic nitrogens is 3. The zero-order valence-corrected chi connectivity index (χ0v) is 20.6. The van der Waals surface area contributed by atoms with Crippen LogP contribution in [0, 0.1) is 17.0 Å². The fourth-order valence-corrected chi connectivity index (χ4v) is 4.26. The average molecular weight is 506 g/mol. The van der Waals surface area contributed by atoms with E-state index in [1.165, 1.54) is 23.9 Å². The van der Waals surface area contributed by atoms with Crippen LogP contribution in [0.1, 0.15) is 5.56 Å². The highest BCUT2D eigenvalue weighted by Gasteiger charge is 2.19. The number of anilines is 1. The average Bonchev–Trinajstić information content (AvgIpc) is 3.32. The molecule has 0 radical (unpaired) electrons. The summed E-state index contributed by atoms with van der Waals surface area (Å²) in [5.74, 6) is 1.42. The zero-order valence-electron chi connectivity index (χ0n) is 19.8. The predicted molar refractivity (Wildman–Crippen MR) is 137 cm³/mol. The van der Waals surface area contributed by atoms with Gasteiger partial charge in [0.15, 0.2) is 22.5 Å². The van der Waals surface area contributed by atoms with Crippen molar-refractivity contribution in [1.29, 1.82) is 0 Å². The largest absolute Gasteiger partial charge is 0.493 e. The summed E-state index contributed by atoms with van der Waals surface area (Å²) >= 11 is 1.21. The summed E-state index contributed by atoms with van der Waals surface area (Å²) in [6, 6.07) is 19.4. The van der Waals surface area contributed by atoms with Gasteiger partial charge in [0.2, 0.25) is 5.91 Å². The van der Waals surface area contributed by atoms with Crippen LogP contribution in [-0.2, 0) is 4.79 Å². The zero-order chi connectivity index (χ0) is 25.7. The van der Waals surface area contributed by atoms with E-state index < -0.39 is 4.92 Å². The van der Waals surface area contributed by atoms with Gasteiger partial charge >= 0.3 is 0 Å². The molecule has 0 saturated carbocycles. The van der Waals surface area contributed by atoms with E-state index in [0.717, 1.165) is 16.8 Å². The Labute approximate surface area is 211 Å². The van der Waals surface area contributed by atoms with Gasteiger partial charge in [-0.3, -0.25) is 19.5 Å². The van der Waals surface area contributed by atoms with Crippen LogP contribution in [0.5, 0.6) is 11.5 Å². The summed E-state index contributed by atoms with van der Waals surface area (Å²) in [6.07, 6.45) is 0. The molecule has 0 saturated heterocycles. The number of carbonyl (C=O) groups excluding carboxylic acids is 1. The molecule has 184 valence electrons. The molecule has 0 bridgehead atoms. The quantitative estimate of drug-likeness (QED) is 0.194. The minimum Gasteiger partial charge on any atom is -0.493 e. The first kappa shape index (κ1) is 24.7. The van der Waals surface area contributed by atoms with Crippen LogP contribution >= 0.6 is 11.8 Å². The molecule has 0 atom stereocenters. The summed E-state index contributed by atoms with van der Waals surface area (Å²) in [4.78, 5) is 23.3. The second-order valence-corrected chi connectivity index (χ2v) is 8.58. The Morgan fingerprint density at radius 1 is 1.03 bits per heavy atom. The van der Waals surface area contributed by atoms with E-state index in [1.807, 2.05) is 47.0 Å². The van der Waals surface area contributed by atoms with Crippen LogP contribution in [0.25, 0.3) is 17.1 Å². The molecule has 36 heavy (non-hydrogen) atoms. The molecular weight excluding hydrogens is 482 g/mol.